The number of rotatable bonds is 7. The number of benzene rings is 2. The van der Waals surface area contributed by atoms with Crippen LogP contribution < -0.4 is 20.2 Å². The van der Waals surface area contributed by atoms with Gasteiger partial charge in [0.1, 0.15) is 6.42 Å². The summed E-state index contributed by atoms with van der Waals surface area (Å²) < 4.78 is 49.3. The highest BCUT2D eigenvalue weighted by molar-refractivity contribution is 14.1. The summed E-state index contributed by atoms with van der Waals surface area (Å²) in [5, 5.41) is 6.01. The van der Waals surface area contributed by atoms with Gasteiger partial charge >= 0.3 is 6.18 Å². The van der Waals surface area contributed by atoms with Crippen LogP contribution in [-0.2, 0) is 15.8 Å². The highest BCUT2D eigenvalue weighted by Crippen LogP contribution is 2.33. The van der Waals surface area contributed by atoms with Gasteiger partial charge in [-0.2, -0.15) is 18.3 Å². The van der Waals surface area contributed by atoms with E-state index in [1.165, 1.54) is 26.5 Å². The van der Waals surface area contributed by atoms with Gasteiger partial charge in [0.25, 0.3) is 0 Å². The van der Waals surface area contributed by atoms with E-state index in [-0.39, 0.29) is 5.69 Å². The van der Waals surface area contributed by atoms with Crippen molar-refractivity contribution in [1.82, 2.24) is 5.43 Å². The lowest BCUT2D eigenvalue weighted by atomic mass is 10.2. The van der Waals surface area contributed by atoms with E-state index in [4.69, 9.17) is 9.47 Å². The van der Waals surface area contributed by atoms with E-state index in [0.717, 1.165) is 21.8 Å². The standard InChI is InChI=1S/C19H17F3IN3O4/c1-29-15-7-11(6-14(23)18(15)30-2)10-24-26-17(28)9-16(27)25-13-5-3-4-12(8-13)19(20,21)22/h3-8,10H,9H2,1-2H3,(H,25,27)(H,26,28). The molecule has 2 rings (SSSR count). The lowest BCUT2D eigenvalue weighted by Gasteiger charge is -2.10. The molecule has 2 N–H and O–H groups in total. The Labute approximate surface area is 183 Å². The number of hydrazone groups is 1. The fraction of sp³-hybridized carbons (Fsp3) is 0.211. The first kappa shape index (κ1) is 23.4. The van der Waals surface area contributed by atoms with Gasteiger partial charge in [-0.15, -0.1) is 0 Å². The Balaban J connectivity index is 1.93. The van der Waals surface area contributed by atoms with Crippen LogP contribution in [0.3, 0.4) is 0 Å². The van der Waals surface area contributed by atoms with Crippen LogP contribution in [0.25, 0.3) is 0 Å². The molecule has 2 aromatic rings. The van der Waals surface area contributed by atoms with Crippen LogP contribution >= 0.6 is 22.6 Å². The lowest BCUT2D eigenvalue weighted by molar-refractivity contribution is -0.137. The third kappa shape index (κ3) is 6.61. The molecular formula is C19H17F3IN3O4. The van der Waals surface area contributed by atoms with Crippen molar-refractivity contribution >= 4 is 46.3 Å². The van der Waals surface area contributed by atoms with Crippen LogP contribution in [0.15, 0.2) is 41.5 Å². The second-order valence-electron chi connectivity index (χ2n) is 5.83. The van der Waals surface area contributed by atoms with Gasteiger partial charge in [-0.3, -0.25) is 9.59 Å². The molecule has 0 atom stereocenters. The van der Waals surface area contributed by atoms with Crippen LogP contribution in [0, 0.1) is 3.57 Å². The molecule has 7 nitrogen and oxygen atoms in total. The molecule has 0 saturated carbocycles. The van der Waals surface area contributed by atoms with Crippen molar-refractivity contribution in [2.75, 3.05) is 19.5 Å². The summed E-state index contributed by atoms with van der Waals surface area (Å²) in [5.41, 5.74) is 1.83. The normalized spacial score (nSPS) is 11.3. The molecule has 0 aliphatic carbocycles. The number of anilines is 1. The molecule has 160 valence electrons. The Bertz CT molecular complexity index is 965. The Kier molecular flexibility index (Phi) is 8.03. The van der Waals surface area contributed by atoms with E-state index < -0.39 is 30.0 Å². The first-order valence-corrected chi connectivity index (χ1v) is 9.42. The van der Waals surface area contributed by atoms with Crippen molar-refractivity contribution in [3.8, 4) is 11.5 Å². The number of methoxy groups -OCH3 is 2. The molecule has 30 heavy (non-hydrogen) atoms. The van der Waals surface area contributed by atoms with E-state index in [9.17, 15) is 22.8 Å². The van der Waals surface area contributed by atoms with Crippen molar-refractivity contribution in [3.05, 3.63) is 51.1 Å². The van der Waals surface area contributed by atoms with E-state index in [1.807, 2.05) is 0 Å². The molecule has 2 amide bonds. The molecule has 2 aromatic carbocycles. The first-order chi connectivity index (χ1) is 14.1. The summed E-state index contributed by atoms with van der Waals surface area (Å²) >= 11 is 2.06. The second-order valence-corrected chi connectivity index (χ2v) is 7.00. The maximum absolute atomic E-state index is 12.7. The molecule has 0 aliphatic heterocycles. The largest absolute Gasteiger partial charge is 0.493 e. The number of halogens is 4. The Morgan fingerprint density at radius 1 is 1.13 bits per heavy atom. The zero-order chi connectivity index (χ0) is 22.3. The minimum atomic E-state index is -4.53. The van der Waals surface area contributed by atoms with E-state index in [0.29, 0.717) is 17.1 Å². The predicted molar refractivity (Wildman–Crippen MR) is 113 cm³/mol. The monoisotopic (exact) mass is 535 g/mol. The molecule has 11 heteroatoms. The van der Waals surface area contributed by atoms with Gasteiger partial charge < -0.3 is 14.8 Å². The quantitative estimate of drug-likeness (QED) is 0.245. The van der Waals surface area contributed by atoms with E-state index >= 15 is 0 Å². The third-order valence-corrected chi connectivity index (χ3v) is 4.45. The topological polar surface area (TPSA) is 89.0 Å². The van der Waals surface area contributed by atoms with Gasteiger partial charge in [-0.05, 0) is 58.5 Å². The number of hydrogen-bond donors (Lipinski definition) is 2. The minimum Gasteiger partial charge on any atom is -0.493 e. The average molecular weight is 535 g/mol. The van der Waals surface area contributed by atoms with Crippen molar-refractivity contribution in [2.45, 2.75) is 12.6 Å². The number of alkyl halides is 3. The van der Waals surface area contributed by atoms with Crippen molar-refractivity contribution in [1.29, 1.82) is 0 Å². The Morgan fingerprint density at radius 2 is 1.87 bits per heavy atom. The van der Waals surface area contributed by atoms with Crippen LogP contribution in [0.4, 0.5) is 18.9 Å². The number of hydrogen-bond acceptors (Lipinski definition) is 5. The van der Waals surface area contributed by atoms with Gasteiger partial charge in [-0.25, -0.2) is 5.43 Å². The first-order valence-electron chi connectivity index (χ1n) is 8.34. The average Bonchev–Trinajstić information content (AvgIpc) is 2.66. The SMILES string of the molecule is COc1cc(C=NNC(=O)CC(=O)Nc2cccc(C(F)(F)F)c2)cc(I)c1OC. The van der Waals surface area contributed by atoms with Gasteiger partial charge in [-0.1, -0.05) is 6.07 Å². The van der Waals surface area contributed by atoms with Gasteiger partial charge in [0.2, 0.25) is 11.8 Å². The number of nitrogens with one attached hydrogen (secondary N) is 2. The van der Waals surface area contributed by atoms with Crippen LogP contribution in [-0.4, -0.2) is 32.2 Å². The fourth-order valence-electron chi connectivity index (χ4n) is 2.36. The maximum Gasteiger partial charge on any atom is 0.416 e. The predicted octanol–water partition coefficient (Wildman–Crippen LogP) is 3.81. The third-order valence-electron chi connectivity index (χ3n) is 3.65. The molecule has 0 unspecified atom stereocenters. The highest BCUT2D eigenvalue weighted by Gasteiger charge is 2.30. The molecule has 0 saturated heterocycles. The molecule has 0 aromatic heterocycles. The number of amides is 2. The second kappa shape index (κ2) is 10.3. The Morgan fingerprint density at radius 3 is 2.50 bits per heavy atom. The van der Waals surface area contributed by atoms with Gasteiger partial charge in [0, 0.05) is 5.69 Å². The van der Waals surface area contributed by atoms with Crippen molar-refractivity contribution in [3.63, 3.8) is 0 Å². The summed E-state index contributed by atoms with van der Waals surface area (Å²) in [4.78, 5) is 23.7. The van der Waals surface area contributed by atoms with Crippen LogP contribution in [0.2, 0.25) is 0 Å². The van der Waals surface area contributed by atoms with E-state index in [1.54, 1.807) is 12.1 Å². The summed E-state index contributed by atoms with van der Waals surface area (Å²) in [6.45, 7) is 0. The lowest BCUT2D eigenvalue weighted by Crippen LogP contribution is -2.24. The molecule has 0 radical (unpaired) electrons. The zero-order valence-corrected chi connectivity index (χ0v) is 18.0. The summed E-state index contributed by atoms with van der Waals surface area (Å²) in [5.74, 6) is -0.461. The number of carbonyl (C=O) groups excluding carboxylic acids is 2. The minimum absolute atomic E-state index is 0.0639. The summed E-state index contributed by atoms with van der Waals surface area (Å²) in [6, 6.07) is 7.52. The smallest absolute Gasteiger partial charge is 0.416 e. The molecule has 0 aliphatic rings. The van der Waals surface area contributed by atoms with Gasteiger partial charge in [0.05, 0.1) is 29.6 Å². The number of carbonyl (C=O) groups is 2. The van der Waals surface area contributed by atoms with Crippen LogP contribution in [0.1, 0.15) is 17.5 Å². The molecule has 0 bridgehead atoms. The summed E-state index contributed by atoms with van der Waals surface area (Å²) in [7, 11) is 3.00. The summed E-state index contributed by atoms with van der Waals surface area (Å²) in [6.07, 6.45) is -3.79. The van der Waals surface area contributed by atoms with Crippen LogP contribution in [0.5, 0.6) is 11.5 Å². The molecule has 0 spiro atoms. The molecule has 0 fully saturated rings. The van der Waals surface area contributed by atoms with Crippen molar-refractivity contribution in [2.24, 2.45) is 5.10 Å². The maximum atomic E-state index is 12.7. The molecule has 0 heterocycles. The fourth-order valence-corrected chi connectivity index (χ4v) is 3.20. The van der Waals surface area contributed by atoms with Gasteiger partial charge in [0.15, 0.2) is 11.5 Å². The molecular weight excluding hydrogens is 518 g/mol. The highest BCUT2D eigenvalue weighted by atomic mass is 127. The van der Waals surface area contributed by atoms with Crippen molar-refractivity contribution < 1.29 is 32.2 Å². The number of nitrogens with zero attached hydrogens (tertiary/aromatic N) is 1. The zero-order valence-electron chi connectivity index (χ0n) is 15.8. The van der Waals surface area contributed by atoms with E-state index in [2.05, 4.69) is 38.4 Å². The Hall–Kier alpha value is -2.83. The number of ether oxygens (including phenoxy) is 2.